The molecule has 0 N–H and O–H groups in total. The molecule has 6 heteroatoms. The van der Waals surface area contributed by atoms with E-state index in [9.17, 15) is 4.79 Å². The Kier molecular flexibility index (Phi) is 5.96. The maximum atomic E-state index is 11.6. The summed E-state index contributed by atoms with van der Waals surface area (Å²) in [5, 5.41) is 0. The number of carbonyl (C=O) groups is 1. The second-order valence-corrected chi connectivity index (χ2v) is 6.67. The highest BCUT2D eigenvalue weighted by molar-refractivity contribution is 5.75. The standard InChI is InChI=1S/C21H25N3O3/c1-23(2)20(25)13-10-16-8-11-17(12-9-16)26-15-14-24(3)21-22-18-6-4-5-7-19(18)27-21/h4-9,11-12H,10,13-15H2,1-3H3. The molecule has 0 bridgehead atoms. The van der Waals surface area contributed by atoms with Crippen LogP contribution in [0.15, 0.2) is 52.9 Å². The molecule has 0 unspecified atom stereocenters. The van der Waals surface area contributed by atoms with Crippen molar-refractivity contribution in [3.05, 3.63) is 54.1 Å². The van der Waals surface area contributed by atoms with Gasteiger partial charge in [0.05, 0.1) is 6.54 Å². The Labute approximate surface area is 159 Å². The molecule has 2 aromatic carbocycles. The minimum Gasteiger partial charge on any atom is -0.492 e. The van der Waals surface area contributed by atoms with E-state index >= 15 is 0 Å². The lowest BCUT2D eigenvalue weighted by Gasteiger charge is -2.15. The number of oxazole rings is 1. The van der Waals surface area contributed by atoms with Crippen molar-refractivity contribution >= 4 is 23.0 Å². The van der Waals surface area contributed by atoms with E-state index in [-0.39, 0.29) is 5.91 Å². The summed E-state index contributed by atoms with van der Waals surface area (Å²) in [4.78, 5) is 19.7. The van der Waals surface area contributed by atoms with Crippen molar-refractivity contribution in [1.29, 1.82) is 0 Å². The van der Waals surface area contributed by atoms with Gasteiger partial charge in [-0.25, -0.2) is 0 Å². The molecule has 1 amide bonds. The van der Waals surface area contributed by atoms with E-state index in [0.717, 1.165) is 28.8 Å². The van der Waals surface area contributed by atoms with Gasteiger partial charge < -0.3 is 19.0 Å². The zero-order valence-electron chi connectivity index (χ0n) is 16.0. The second kappa shape index (κ2) is 8.58. The molecule has 142 valence electrons. The summed E-state index contributed by atoms with van der Waals surface area (Å²) in [6, 6.07) is 16.2. The summed E-state index contributed by atoms with van der Waals surface area (Å²) in [6.45, 7) is 1.18. The van der Waals surface area contributed by atoms with E-state index in [1.807, 2.05) is 60.5 Å². The highest BCUT2D eigenvalue weighted by Gasteiger charge is 2.10. The van der Waals surface area contributed by atoms with Gasteiger partial charge >= 0.3 is 0 Å². The average molecular weight is 367 g/mol. The number of amides is 1. The van der Waals surface area contributed by atoms with Gasteiger partial charge in [0.2, 0.25) is 5.91 Å². The van der Waals surface area contributed by atoms with Crippen molar-refractivity contribution in [3.63, 3.8) is 0 Å². The summed E-state index contributed by atoms with van der Waals surface area (Å²) >= 11 is 0. The lowest BCUT2D eigenvalue weighted by Crippen LogP contribution is -2.24. The van der Waals surface area contributed by atoms with Crippen molar-refractivity contribution in [1.82, 2.24) is 9.88 Å². The van der Waals surface area contributed by atoms with Crippen LogP contribution >= 0.6 is 0 Å². The fraction of sp³-hybridized carbons (Fsp3) is 0.333. The molecule has 1 heterocycles. The highest BCUT2D eigenvalue weighted by Crippen LogP contribution is 2.20. The topological polar surface area (TPSA) is 58.8 Å². The fourth-order valence-electron chi connectivity index (χ4n) is 2.65. The number of hydrogen-bond acceptors (Lipinski definition) is 5. The minimum absolute atomic E-state index is 0.137. The third-order valence-corrected chi connectivity index (χ3v) is 4.35. The van der Waals surface area contributed by atoms with Gasteiger partial charge in [-0.2, -0.15) is 4.98 Å². The monoisotopic (exact) mass is 367 g/mol. The number of ether oxygens (including phenoxy) is 1. The van der Waals surface area contributed by atoms with Crippen LogP contribution in [0.2, 0.25) is 0 Å². The van der Waals surface area contributed by atoms with Crippen molar-refractivity contribution in [2.45, 2.75) is 12.8 Å². The van der Waals surface area contributed by atoms with Gasteiger partial charge in [-0.3, -0.25) is 4.79 Å². The number of aromatic nitrogens is 1. The molecule has 0 spiro atoms. The van der Waals surface area contributed by atoms with Gasteiger partial charge in [0.15, 0.2) is 5.58 Å². The molecule has 0 radical (unpaired) electrons. The lowest BCUT2D eigenvalue weighted by atomic mass is 10.1. The molecule has 6 nitrogen and oxygen atoms in total. The smallest absolute Gasteiger partial charge is 0.298 e. The number of likely N-dealkylation sites (N-methyl/N-ethyl adjacent to an activating group) is 1. The number of aryl methyl sites for hydroxylation is 1. The Morgan fingerprint density at radius 1 is 1.07 bits per heavy atom. The Hall–Kier alpha value is -3.02. The van der Waals surface area contributed by atoms with Gasteiger partial charge in [0, 0.05) is 27.6 Å². The zero-order valence-corrected chi connectivity index (χ0v) is 16.0. The average Bonchev–Trinajstić information content (AvgIpc) is 3.11. The molecule has 3 aromatic rings. The Morgan fingerprint density at radius 3 is 2.52 bits per heavy atom. The SMILES string of the molecule is CN(C)C(=O)CCc1ccc(OCCN(C)c2nc3ccccc3o2)cc1. The van der Waals surface area contributed by atoms with Crippen LogP contribution in [0.5, 0.6) is 5.75 Å². The van der Waals surface area contributed by atoms with Crippen molar-refractivity contribution in [3.8, 4) is 5.75 Å². The summed E-state index contributed by atoms with van der Waals surface area (Å²) in [5.74, 6) is 0.946. The van der Waals surface area contributed by atoms with E-state index < -0.39 is 0 Å². The van der Waals surface area contributed by atoms with Gasteiger partial charge in [-0.15, -0.1) is 0 Å². The first-order valence-corrected chi connectivity index (χ1v) is 9.01. The Morgan fingerprint density at radius 2 is 1.81 bits per heavy atom. The number of fused-ring (bicyclic) bond motifs is 1. The molecule has 1 aromatic heterocycles. The predicted octanol–water partition coefficient (Wildman–Crippen LogP) is 3.36. The van der Waals surface area contributed by atoms with Crippen LogP contribution in [0.4, 0.5) is 6.01 Å². The molecule has 0 saturated carbocycles. The highest BCUT2D eigenvalue weighted by atomic mass is 16.5. The summed E-state index contributed by atoms with van der Waals surface area (Å²) < 4.78 is 11.5. The molecule has 0 aliphatic heterocycles. The van der Waals surface area contributed by atoms with E-state index in [0.29, 0.717) is 25.6 Å². The van der Waals surface area contributed by atoms with Crippen LogP contribution < -0.4 is 9.64 Å². The molecule has 0 aliphatic carbocycles. The molecular weight excluding hydrogens is 342 g/mol. The largest absolute Gasteiger partial charge is 0.492 e. The number of rotatable bonds is 8. The van der Waals surface area contributed by atoms with E-state index in [2.05, 4.69) is 4.98 Å². The number of nitrogens with zero attached hydrogens (tertiary/aromatic N) is 3. The maximum absolute atomic E-state index is 11.6. The van der Waals surface area contributed by atoms with Crippen LogP contribution in [0.1, 0.15) is 12.0 Å². The number of benzene rings is 2. The van der Waals surface area contributed by atoms with Gasteiger partial charge in [-0.05, 0) is 36.2 Å². The molecule has 0 fully saturated rings. The number of carbonyl (C=O) groups excluding carboxylic acids is 1. The van der Waals surface area contributed by atoms with Crippen LogP contribution in [-0.4, -0.2) is 50.1 Å². The maximum Gasteiger partial charge on any atom is 0.298 e. The first-order chi connectivity index (χ1) is 13.0. The van der Waals surface area contributed by atoms with Crippen molar-refractivity contribution in [2.24, 2.45) is 0 Å². The lowest BCUT2D eigenvalue weighted by molar-refractivity contribution is -0.128. The molecule has 27 heavy (non-hydrogen) atoms. The van der Waals surface area contributed by atoms with Gasteiger partial charge in [0.25, 0.3) is 6.01 Å². The first kappa shape index (κ1) is 18.8. The van der Waals surface area contributed by atoms with Crippen LogP contribution in [0.3, 0.4) is 0 Å². The van der Waals surface area contributed by atoms with Crippen LogP contribution in [-0.2, 0) is 11.2 Å². The Bertz CT molecular complexity index is 854. The second-order valence-electron chi connectivity index (χ2n) is 6.67. The summed E-state index contributed by atoms with van der Waals surface area (Å²) in [5.41, 5.74) is 2.76. The van der Waals surface area contributed by atoms with Crippen LogP contribution in [0.25, 0.3) is 11.1 Å². The van der Waals surface area contributed by atoms with E-state index in [1.54, 1.807) is 19.0 Å². The van der Waals surface area contributed by atoms with Crippen LogP contribution in [0, 0.1) is 0 Å². The Balaban J connectivity index is 1.46. The number of para-hydroxylation sites is 2. The van der Waals surface area contributed by atoms with Gasteiger partial charge in [0.1, 0.15) is 17.9 Å². The molecule has 0 saturated heterocycles. The zero-order chi connectivity index (χ0) is 19.2. The molecular formula is C21H25N3O3. The van der Waals surface area contributed by atoms with E-state index in [4.69, 9.17) is 9.15 Å². The quantitative estimate of drug-likeness (QED) is 0.611. The van der Waals surface area contributed by atoms with Gasteiger partial charge in [-0.1, -0.05) is 24.3 Å². The summed E-state index contributed by atoms with van der Waals surface area (Å²) in [7, 11) is 5.48. The van der Waals surface area contributed by atoms with Crippen molar-refractivity contribution < 1.29 is 13.9 Å². The van der Waals surface area contributed by atoms with E-state index in [1.165, 1.54) is 0 Å². The number of hydrogen-bond donors (Lipinski definition) is 0. The van der Waals surface area contributed by atoms with Crippen molar-refractivity contribution in [2.75, 3.05) is 39.2 Å². The third kappa shape index (κ3) is 5.00. The fourth-order valence-corrected chi connectivity index (χ4v) is 2.65. The molecule has 0 atom stereocenters. The summed E-state index contributed by atoms with van der Waals surface area (Å²) in [6.07, 6.45) is 1.25. The first-order valence-electron chi connectivity index (χ1n) is 9.01. The molecule has 3 rings (SSSR count). The minimum atomic E-state index is 0.137. The third-order valence-electron chi connectivity index (χ3n) is 4.35. The number of anilines is 1. The predicted molar refractivity (Wildman–Crippen MR) is 106 cm³/mol. The normalized spacial score (nSPS) is 10.8. The molecule has 0 aliphatic rings.